The number of nitrogens with zero attached hydrogens (tertiary/aromatic N) is 5. The van der Waals surface area contributed by atoms with E-state index < -0.39 is 27.1 Å². The first-order chi connectivity index (χ1) is 13.8. The van der Waals surface area contributed by atoms with Crippen molar-refractivity contribution in [1.82, 2.24) is 24.9 Å². The molecule has 13 heteroatoms. The molecule has 150 valence electrons. The van der Waals surface area contributed by atoms with Crippen molar-refractivity contribution in [2.45, 2.75) is 30.6 Å². The largest absolute Gasteiger partial charge is 0.414 e. The average Bonchev–Trinajstić information content (AvgIpc) is 3.16. The molecule has 3 heterocycles. The summed E-state index contributed by atoms with van der Waals surface area (Å²) in [5.74, 6) is -0.892. The maximum absolute atomic E-state index is 12.8. The molecule has 0 radical (unpaired) electrons. The van der Waals surface area contributed by atoms with Crippen LogP contribution in [0.5, 0.6) is 0 Å². The van der Waals surface area contributed by atoms with Crippen LogP contribution in [0, 0.1) is 11.3 Å². The number of hydrogen-bond acceptors (Lipinski definition) is 9. The van der Waals surface area contributed by atoms with E-state index in [1.165, 1.54) is 18.5 Å². The Labute approximate surface area is 167 Å². The Hall–Kier alpha value is -2.82. The van der Waals surface area contributed by atoms with Gasteiger partial charge in [0.2, 0.25) is 10.0 Å². The molecule has 1 N–H and O–H groups in total. The number of nitriles is 1. The third-order valence-corrected chi connectivity index (χ3v) is 7.61. The highest BCUT2D eigenvalue weighted by molar-refractivity contribution is 7.90. The van der Waals surface area contributed by atoms with E-state index in [1.807, 2.05) is 6.07 Å². The number of thiazole rings is 1. The van der Waals surface area contributed by atoms with Crippen LogP contribution in [0.1, 0.15) is 41.4 Å². The molecule has 0 saturated heterocycles. The van der Waals surface area contributed by atoms with Gasteiger partial charge in [0.05, 0.1) is 12.7 Å². The van der Waals surface area contributed by atoms with Crippen molar-refractivity contribution in [3.63, 3.8) is 0 Å². The second kappa shape index (κ2) is 7.21. The number of halogens is 2. The van der Waals surface area contributed by atoms with Crippen LogP contribution < -0.4 is 4.72 Å². The molecule has 1 aliphatic rings. The van der Waals surface area contributed by atoms with Gasteiger partial charge < -0.3 is 4.42 Å². The van der Waals surface area contributed by atoms with E-state index in [0.717, 1.165) is 11.3 Å². The predicted octanol–water partition coefficient (Wildman–Crippen LogP) is 2.51. The molecule has 0 bridgehead atoms. The molecule has 1 fully saturated rings. The zero-order valence-electron chi connectivity index (χ0n) is 14.5. The number of pyridine rings is 1. The fourth-order valence-electron chi connectivity index (χ4n) is 2.76. The molecule has 0 aromatic carbocycles. The lowest BCUT2D eigenvalue weighted by Crippen LogP contribution is -2.34. The maximum Gasteiger partial charge on any atom is 0.314 e. The quantitative estimate of drug-likeness (QED) is 0.594. The summed E-state index contributed by atoms with van der Waals surface area (Å²) in [6.45, 7) is -0.0751. The Kier molecular flexibility index (Phi) is 4.85. The van der Waals surface area contributed by atoms with Gasteiger partial charge in [-0.15, -0.1) is 21.5 Å². The molecule has 1 aliphatic carbocycles. The van der Waals surface area contributed by atoms with Crippen LogP contribution in [0.4, 0.5) is 8.78 Å². The lowest BCUT2D eigenvalue weighted by molar-refractivity contribution is 0.116. The van der Waals surface area contributed by atoms with E-state index in [-0.39, 0.29) is 18.1 Å². The topological polar surface area (TPSA) is 135 Å². The van der Waals surface area contributed by atoms with Crippen LogP contribution in [-0.4, -0.2) is 28.6 Å². The Morgan fingerprint density at radius 2 is 2.07 bits per heavy atom. The Balaban J connectivity index is 1.47. The van der Waals surface area contributed by atoms with Crippen molar-refractivity contribution < 1.29 is 21.6 Å². The van der Waals surface area contributed by atoms with Crippen molar-refractivity contribution in [3.05, 3.63) is 46.7 Å². The Morgan fingerprint density at radius 1 is 1.28 bits per heavy atom. The first-order valence-electron chi connectivity index (χ1n) is 8.27. The van der Waals surface area contributed by atoms with Crippen LogP contribution in [-0.2, 0) is 21.3 Å². The zero-order chi connectivity index (χ0) is 20.6. The summed E-state index contributed by atoms with van der Waals surface area (Å²) in [6.07, 6.45) is 0.771. The van der Waals surface area contributed by atoms with Crippen molar-refractivity contribution in [2.24, 2.45) is 0 Å². The van der Waals surface area contributed by atoms with E-state index >= 15 is 0 Å². The van der Waals surface area contributed by atoms with E-state index in [2.05, 4.69) is 24.9 Å². The first kappa shape index (κ1) is 19.5. The number of alkyl halides is 2. The number of rotatable bonds is 7. The fraction of sp³-hybridized carbons (Fsp3) is 0.312. The molecule has 0 atom stereocenters. The third-order valence-electron chi connectivity index (χ3n) is 4.43. The van der Waals surface area contributed by atoms with Gasteiger partial charge in [0.25, 0.3) is 11.8 Å². The SMILES string of the molecule is N#Cc1ccc(C2(S(=O)(=O)NCc3ncc(-c4nnc(C(F)F)o4)s3)CC2)cn1. The molecule has 1 saturated carbocycles. The van der Waals surface area contributed by atoms with Crippen LogP contribution in [0.3, 0.4) is 0 Å². The van der Waals surface area contributed by atoms with Gasteiger partial charge in [0.1, 0.15) is 26.4 Å². The summed E-state index contributed by atoms with van der Waals surface area (Å²) in [5.41, 5.74) is 0.732. The van der Waals surface area contributed by atoms with E-state index in [9.17, 15) is 17.2 Å². The van der Waals surface area contributed by atoms with Gasteiger partial charge in [-0.2, -0.15) is 14.0 Å². The monoisotopic (exact) mass is 438 g/mol. The van der Waals surface area contributed by atoms with Crippen LogP contribution in [0.25, 0.3) is 10.8 Å². The highest BCUT2D eigenvalue weighted by atomic mass is 32.2. The number of aromatic nitrogens is 4. The van der Waals surface area contributed by atoms with Crippen molar-refractivity contribution in [2.75, 3.05) is 0 Å². The lowest BCUT2D eigenvalue weighted by Gasteiger charge is -2.16. The van der Waals surface area contributed by atoms with Crippen LogP contribution >= 0.6 is 11.3 Å². The third kappa shape index (κ3) is 3.61. The van der Waals surface area contributed by atoms with Gasteiger partial charge in [-0.25, -0.2) is 23.1 Å². The second-order valence-corrected chi connectivity index (χ2v) is 9.42. The highest BCUT2D eigenvalue weighted by Crippen LogP contribution is 2.52. The lowest BCUT2D eigenvalue weighted by atomic mass is 10.2. The van der Waals surface area contributed by atoms with Crippen molar-refractivity contribution >= 4 is 21.4 Å². The number of hydrogen-bond donors (Lipinski definition) is 1. The van der Waals surface area contributed by atoms with Gasteiger partial charge in [-0.05, 0) is 24.5 Å². The molecular weight excluding hydrogens is 426 g/mol. The summed E-state index contributed by atoms with van der Waals surface area (Å²) in [5, 5.41) is 16.0. The highest BCUT2D eigenvalue weighted by Gasteiger charge is 2.56. The smallest absolute Gasteiger partial charge is 0.314 e. The van der Waals surface area contributed by atoms with E-state index in [0.29, 0.717) is 28.3 Å². The fourth-order valence-corrected chi connectivity index (χ4v) is 5.31. The molecule has 29 heavy (non-hydrogen) atoms. The normalized spacial score (nSPS) is 15.4. The zero-order valence-corrected chi connectivity index (χ0v) is 16.2. The standard InChI is InChI=1S/C16H12F2N6O3S2/c17-13(18)15-24-23-14(27-15)11-7-21-12(28-11)8-22-29(25,26)16(3-4-16)9-1-2-10(5-19)20-6-9/h1-2,6-7,13,22H,3-4,8H2. The first-order valence-corrected chi connectivity index (χ1v) is 10.6. The minimum atomic E-state index is -3.74. The Bertz CT molecular complexity index is 1180. The summed E-state index contributed by atoms with van der Waals surface area (Å²) >= 11 is 1.06. The van der Waals surface area contributed by atoms with E-state index in [1.54, 1.807) is 6.07 Å². The molecule has 3 aromatic rings. The maximum atomic E-state index is 12.8. The van der Waals surface area contributed by atoms with E-state index in [4.69, 9.17) is 9.68 Å². The summed E-state index contributed by atoms with van der Waals surface area (Å²) in [4.78, 5) is 8.38. The van der Waals surface area contributed by atoms with Crippen LogP contribution in [0.2, 0.25) is 0 Å². The van der Waals surface area contributed by atoms with Crippen molar-refractivity contribution in [3.8, 4) is 16.8 Å². The molecule has 3 aromatic heterocycles. The second-order valence-electron chi connectivity index (χ2n) is 6.23. The predicted molar refractivity (Wildman–Crippen MR) is 96.0 cm³/mol. The number of nitrogens with one attached hydrogen (secondary N) is 1. The molecule has 0 spiro atoms. The minimum absolute atomic E-state index is 0.0751. The molecule has 4 rings (SSSR count). The average molecular weight is 438 g/mol. The molecule has 9 nitrogen and oxygen atoms in total. The number of sulfonamides is 1. The van der Waals surface area contributed by atoms with Gasteiger partial charge >= 0.3 is 6.43 Å². The minimum Gasteiger partial charge on any atom is -0.414 e. The summed E-state index contributed by atoms with van der Waals surface area (Å²) in [7, 11) is -3.74. The molecular formula is C16H12F2N6O3S2. The molecule has 0 aliphatic heterocycles. The summed E-state index contributed by atoms with van der Waals surface area (Å²) < 4.78 is 57.1. The summed E-state index contributed by atoms with van der Waals surface area (Å²) in [6, 6.07) is 4.97. The molecule has 0 amide bonds. The van der Waals surface area contributed by atoms with Gasteiger partial charge in [0.15, 0.2) is 0 Å². The Morgan fingerprint density at radius 3 is 2.66 bits per heavy atom. The molecule has 0 unspecified atom stereocenters. The van der Waals surface area contributed by atoms with Crippen molar-refractivity contribution in [1.29, 1.82) is 5.26 Å². The van der Waals surface area contributed by atoms with Crippen LogP contribution in [0.15, 0.2) is 28.9 Å². The van der Waals surface area contributed by atoms with Gasteiger partial charge in [-0.3, -0.25) is 0 Å². The van der Waals surface area contributed by atoms with Gasteiger partial charge in [0, 0.05) is 6.20 Å². The van der Waals surface area contributed by atoms with Gasteiger partial charge in [-0.1, -0.05) is 6.07 Å².